The number of halogens is 1. The molecule has 1 atom stereocenters. The summed E-state index contributed by atoms with van der Waals surface area (Å²) in [5.74, 6) is -0.555. The molecule has 0 saturated heterocycles. The lowest BCUT2D eigenvalue weighted by Crippen LogP contribution is -2.51. The number of rotatable bonds is 7. The summed E-state index contributed by atoms with van der Waals surface area (Å²) in [4.78, 5) is 12.8. The molecule has 0 radical (unpaired) electrons. The molecule has 3 aromatic carbocycles. The van der Waals surface area contributed by atoms with Crippen LogP contribution in [0.25, 0.3) is 0 Å². The molecule has 1 N–H and O–H groups in total. The van der Waals surface area contributed by atoms with E-state index in [1.165, 1.54) is 16.4 Å². The van der Waals surface area contributed by atoms with Gasteiger partial charge in [-0.2, -0.15) is 0 Å². The molecular formula is C24H23FN2O4S. The number of ether oxygens (including phenoxy) is 1. The van der Waals surface area contributed by atoms with Crippen molar-refractivity contribution in [1.82, 2.24) is 5.32 Å². The van der Waals surface area contributed by atoms with Crippen LogP contribution < -0.4 is 14.4 Å². The van der Waals surface area contributed by atoms with E-state index in [4.69, 9.17) is 4.74 Å². The van der Waals surface area contributed by atoms with Crippen molar-refractivity contribution < 1.29 is 22.3 Å². The van der Waals surface area contributed by atoms with Gasteiger partial charge in [-0.15, -0.1) is 0 Å². The van der Waals surface area contributed by atoms with Crippen LogP contribution in [0.1, 0.15) is 11.1 Å². The number of hydrogen-bond donors (Lipinski definition) is 1. The number of para-hydroxylation sites is 2. The third-order valence-corrected chi connectivity index (χ3v) is 6.90. The van der Waals surface area contributed by atoms with E-state index < -0.39 is 22.0 Å². The van der Waals surface area contributed by atoms with Crippen molar-refractivity contribution in [2.24, 2.45) is 0 Å². The molecule has 1 amide bonds. The lowest BCUT2D eigenvalue weighted by molar-refractivity contribution is -0.127. The third-order valence-electron chi connectivity index (χ3n) is 5.18. The highest BCUT2D eigenvalue weighted by molar-refractivity contribution is 7.92. The van der Waals surface area contributed by atoms with Gasteiger partial charge < -0.3 is 10.1 Å². The minimum atomic E-state index is -3.75. The molecule has 166 valence electrons. The van der Waals surface area contributed by atoms with E-state index in [0.717, 1.165) is 5.56 Å². The number of amides is 1. The van der Waals surface area contributed by atoms with Crippen molar-refractivity contribution in [3.63, 3.8) is 0 Å². The fourth-order valence-corrected chi connectivity index (χ4v) is 5.14. The summed E-state index contributed by atoms with van der Waals surface area (Å²) in [6.07, 6.45) is -0.464. The number of hydrogen-bond acceptors (Lipinski definition) is 4. The van der Waals surface area contributed by atoms with Crippen molar-refractivity contribution in [2.45, 2.75) is 18.3 Å². The SMILES string of the molecule is O=C(NCCc1ccc(F)cc1)C1CN(S(=O)(=O)Cc2ccccc2)c2ccccc2O1. The maximum atomic E-state index is 13.2. The van der Waals surface area contributed by atoms with E-state index in [1.54, 1.807) is 60.7 Å². The van der Waals surface area contributed by atoms with Crippen LogP contribution in [0.5, 0.6) is 5.75 Å². The average Bonchev–Trinajstić information content (AvgIpc) is 2.80. The number of carbonyl (C=O) groups excluding carboxylic acids is 1. The van der Waals surface area contributed by atoms with Crippen LogP contribution in [-0.2, 0) is 27.0 Å². The van der Waals surface area contributed by atoms with Gasteiger partial charge in [0.15, 0.2) is 6.10 Å². The molecule has 1 heterocycles. The van der Waals surface area contributed by atoms with Crippen LogP contribution in [0.2, 0.25) is 0 Å². The van der Waals surface area contributed by atoms with Crippen LogP contribution in [0.15, 0.2) is 78.9 Å². The van der Waals surface area contributed by atoms with Crippen LogP contribution in [0.3, 0.4) is 0 Å². The van der Waals surface area contributed by atoms with Gasteiger partial charge in [-0.05, 0) is 41.8 Å². The fourth-order valence-electron chi connectivity index (χ4n) is 3.56. The zero-order chi connectivity index (χ0) is 22.6. The summed E-state index contributed by atoms with van der Waals surface area (Å²) in [6.45, 7) is 0.206. The molecule has 0 bridgehead atoms. The van der Waals surface area contributed by atoms with Gasteiger partial charge in [0.2, 0.25) is 10.0 Å². The van der Waals surface area contributed by atoms with Crippen molar-refractivity contribution in [2.75, 3.05) is 17.4 Å². The molecule has 0 spiro atoms. The highest BCUT2D eigenvalue weighted by Crippen LogP contribution is 2.35. The van der Waals surface area contributed by atoms with E-state index in [9.17, 15) is 17.6 Å². The fraction of sp³-hybridized carbons (Fsp3) is 0.208. The Balaban J connectivity index is 1.47. The minimum absolute atomic E-state index is 0.117. The Morgan fingerprint density at radius 3 is 2.41 bits per heavy atom. The zero-order valence-corrected chi connectivity index (χ0v) is 18.1. The summed E-state index contributed by atoms with van der Waals surface area (Å²) in [5, 5.41) is 2.79. The number of benzene rings is 3. The van der Waals surface area contributed by atoms with Gasteiger partial charge in [0.05, 0.1) is 18.0 Å². The Hall–Kier alpha value is -3.39. The van der Waals surface area contributed by atoms with Crippen LogP contribution in [-0.4, -0.2) is 33.5 Å². The summed E-state index contributed by atoms with van der Waals surface area (Å²) < 4.78 is 46.5. The summed E-state index contributed by atoms with van der Waals surface area (Å²) in [5.41, 5.74) is 1.96. The molecular weight excluding hydrogens is 431 g/mol. The normalized spacial score (nSPS) is 15.5. The molecule has 0 fully saturated rings. The van der Waals surface area contributed by atoms with Gasteiger partial charge in [0, 0.05) is 6.54 Å². The topological polar surface area (TPSA) is 75.7 Å². The van der Waals surface area contributed by atoms with Crippen molar-refractivity contribution in [3.8, 4) is 5.75 Å². The molecule has 6 nitrogen and oxygen atoms in total. The van der Waals surface area contributed by atoms with Gasteiger partial charge in [0.1, 0.15) is 11.6 Å². The van der Waals surface area contributed by atoms with Gasteiger partial charge in [0.25, 0.3) is 5.91 Å². The smallest absolute Gasteiger partial charge is 0.263 e. The van der Waals surface area contributed by atoms with E-state index in [2.05, 4.69) is 5.32 Å². The molecule has 0 saturated carbocycles. The average molecular weight is 455 g/mol. The summed E-state index contributed by atoms with van der Waals surface area (Å²) in [6, 6.07) is 21.7. The first kappa shape index (κ1) is 21.8. The van der Waals surface area contributed by atoms with Gasteiger partial charge in [-0.25, -0.2) is 12.8 Å². The number of carbonyl (C=O) groups is 1. The first-order valence-corrected chi connectivity index (χ1v) is 11.9. The quantitative estimate of drug-likeness (QED) is 0.595. The van der Waals surface area contributed by atoms with Crippen LogP contribution in [0.4, 0.5) is 10.1 Å². The second-order valence-corrected chi connectivity index (χ2v) is 9.41. The van der Waals surface area contributed by atoms with E-state index >= 15 is 0 Å². The first-order chi connectivity index (χ1) is 15.4. The Kier molecular flexibility index (Phi) is 6.41. The Morgan fingerprint density at radius 1 is 0.969 bits per heavy atom. The molecule has 4 rings (SSSR count). The van der Waals surface area contributed by atoms with Crippen molar-refractivity contribution >= 4 is 21.6 Å². The van der Waals surface area contributed by atoms with E-state index in [0.29, 0.717) is 30.0 Å². The van der Waals surface area contributed by atoms with E-state index in [-0.39, 0.29) is 18.1 Å². The maximum absolute atomic E-state index is 13.2. The van der Waals surface area contributed by atoms with Gasteiger partial charge in [-0.3, -0.25) is 9.10 Å². The lowest BCUT2D eigenvalue weighted by Gasteiger charge is -2.34. The molecule has 3 aromatic rings. The number of fused-ring (bicyclic) bond motifs is 1. The maximum Gasteiger partial charge on any atom is 0.263 e. The highest BCUT2D eigenvalue weighted by atomic mass is 32.2. The second-order valence-electron chi connectivity index (χ2n) is 7.51. The number of nitrogens with one attached hydrogen (secondary N) is 1. The van der Waals surface area contributed by atoms with E-state index in [1.807, 2.05) is 6.07 Å². The molecule has 0 aromatic heterocycles. The Bertz CT molecular complexity index is 1180. The number of anilines is 1. The molecule has 1 aliphatic heterocycles. The lowest BCUT2D eigenvalue weighted by atomic mass is 10.1. The first-order valence-electron chi connectivity index (χ1n) is 10.2. The van der Waals surface area contributed by atoms with Crippen LogP contribution >= 0.6 is 0 Å². The monoisotopic (exact) mass is 454 g/mol. The van der Waals surface area contributed by atoms with Crippen molar-refractivity contribution in [3.05, 3.63) is 95.8 Å². The predicted molar refractivity (Wildman–Crippen MR) is 120 cm³/mol. The third kappa shape index (κ3) is 5.08. The Morgan fingerprint density at radius 2 is 1.66 bits per heavy atom. The minimum Gasteiger partial charge on any atom is -0.476 e. The molecule has 1 aliphatic rings. The molecule has 1 unspecified atom stereocenters. The molecule has 32 heavy (non-hydrogen) atoms. The van der Waals surface area contributed by atoms with Crippen molar-refractivity contribution in [1.29, 1.82) is 0 Å². The standard InChI is InChI=1S/C24H23FN2O4S/c25-20-12-10-18(11-13-20)14-15-26-24(28)23-16-27(21-8-4-5-9-22(21)31-23)32(29,30)17-19-6-2-1-3-7-19/h1-13,23H,14-17H2,(H,26,28). The predicted octanol–water partition coefficient (Wildman–Crippen LogP) is 3.28. The highest BCUT2D eigenvalue weighted by Gasteiger charge is 2.36. The summed E-state index contributed by atoms with van der Waals surface area (Å²) in [7, 11) is -3.75. The Labute approximate surface area is 186 Å². The zero-order valence-electron chi connectivity index (χ0n) is 17.3. The molecule has 8 heteroatoms. The number of nitrogens with zero attached hydrogens (tertiary/aromatic N) is 1. The second kappa shape index (κ2) is 9.40. The summed E-state index contributed by atoms with van der Waals surface area (Å²) >= 11 is 0. The largest absolute Gasteiger partial charge is 0.476 e. The van der Waals surface area contributed by atoms with Gasteiger partial charge >= 0.3 is 0 Å². The van der Waals surface area contributed by atoms with Crippen LogP contribution in [0, 0.1) is 5.82 Å². The molecule has 0 aliphatic carbocycles. The van der Waals surface area contributed by atoms with Gasteiger partial charge in [-0.1, -0.05) is 54.6 Å². The number of sulfonamides is 1.